The van der Waals surface area contributed by atoms with Crippen molar-refractivity contribution in [1.29, 1.82) is 0 Å². The zero-order valence-corrected chi connectivity index (χ0v) is 14.0. The molecule has 0 amide bonds. The number of benzene rings is 2. The smallest absolute Gasteiger partial charge is 0.335 e. The van der Waals surface area contributed by atoms with Crippen LogP contribution in [0.5, 0.6) is 0 Å². The van der Waals surface area contributed by atoms with Gasteiger partial charge in [0, 0.05) is 13.1 Å². The van der Waals surface area contributed by atoms with Crippen molar-refractivity contribution in [2.24, 2.45) is 5.41 Å². The van der Waals surface area contributed by atoms with E-state index in [0.29, 0.717) is 11.0 Å². The molecular formula is C21H25NO2. The first-order valence-corrected chi connectivity index (χ1v) is 8.74. The van der Waals surface area contributed by atoms with Crippen molar-refractivity contribution in [3.8, 4) is 0 Å². The highest BCUT2D eigenvalue weighted by Gasteiger charge is 2.33. The molecule has 0 saturated heterocycles. The Kier molecular flexibility index (Phi) is 5.31. The van der Waals surface area contributed by atoms with Gasteiger partial charge in [-0.1, -0.05) is 55.3 Å². The molecule has 2 aromatic rings. The van der Waals surface area contributed by atoms with Gasteiger partial charge in [0.05, 0.1) is 5.56 Å². The van der Waals surface area contributed by atoms with Gasteiger partial charge in [0.25, 0.3) is 0 Å². The molecule has 0 unspecified atom stereocenters. The molecule has 2 N–H and O–H groups in total. The Labute approximate surface area is 143 Å². The number of rotatable bonds is 7. The Balaban J connectivity index is 1.60. The van der Waals surface area contributed by atoms with Gasteiger partial charge < -0.3 is 10.4 Å². The topological polar surface area (TPSA) is 49.3 Å². The number of nitrogens with one attached hydrogen (secondary N) is 1. The van der Waals surface area contributed by atoms with Crippen LogP contribution < -0.4 is 5.32 Å². The highest BCUT2D eigenvalue weighted by molar-refractivity contribution is 5.87. The summed E-state index contributed by atoms with van der Waals surface area (Å²) in [5.74, 6) is -0.867. The van der Waals surface area contributed by atoms with Crippen molar-refractivity contribution in [1.82, 2.24) is 5.32 Å². The zero-order valence-electron chi connectivity index (χ0n) is 14.0. The monoisotopic (exact) mass is 323 g/mol. The van der Waals surface area contributed by atoms with E-state index in [9.17, 15) is 4.79 Å². The van der Waals surface area contributed by atoms with Crippen LogP contribution in [-0.2, 0) is 13.0 Å². The summed E-state index contributed by atoms with van der Waals surface area (Å²) in [6, 6.07) is 17.9. The normalized spacial score (nSPS) is 16.2. The third-order valence-electron chi connectivity index (χ3n) is 5.09. The minimum Gasteiger partial charge on any atom is -0.478 e. The molecule has 0 aromatic heterocycles. The van der Waals surface area contributed by atoms with E-state index >= 15 is 0 Å². The molecule has 1 aliphatic rings. The Hall–Kier alpha value is -2.13. The molecule has 0 spiro atoms. The lowest BCUT2D eigenvalue weighted by atomic mass is 9.80. The van der Waals surface area contributed by atoms with Crippen LogP contribution >= 0.6 is 0 Å². The maximum absolute atomic E-state index is 11.1. The second kappa shape index (κ2) is 7.63. The number of hydrogen-bond acceptors (Lipinski definition) is 2. The van der Waals surface area contributed by atoms with Crippen molar-refractivity contribution in [3.05, 3.63) is 71.3 Å². The number of hydrogen-bond donors (Lipinski definition) is 2. The quantitative estimate of drug-likeness (QED) is 0.799. The Bertz CT molecular complexity index is 675. The highest BCUT2D eigenvalue weighted by Crippen LogP contribution is 2.40. The highest BCUT2D eigenvalue weighted by atomic mass is 16.4. The summed E-state index contributed by atoms with van der Waals surface area (Å²) in [5, 5.41) is 12.7. The predicted molar refractivity (Wildman–Crippen MR) is 96.2 cm³/mol. The average Bonchev–Trinajstić information content (AvgIpc) is 3.04. The van der Waals surface area contributed by atoms with Crippen LogP contribution in [0.25, 0.3) is 0 Å². The van der Waals surface area contributed by atoms with Gasteiger partial charge in [-0.2, -0.15) is 0 Å². The molecule has 0 radical (unpaired) electrons. The molecule has 0 heterocycles. The second-order valence-electron chi connectivity index (χ2n) is 6.98. The molecule has 3 nitrogen and oxygen atoms in total. The summed E-state index contributed by atoms with van der Waals surface area (Å²) in [6.07, 6.45) is 6.27. The van der Waals surface area contributed by atoms with Gasteiger partial charge in [0.2, 0.25) is 0 Å². The molecule has 0 bridgehead atoms. The number of carboxylic acids is 1. The average molecular weight is 323 g/mol. The molecule has 126 valence electrons. The SMILES string of the molecule is O=C(O)c1cccc(CNCC2(Cc3ccccc3)CCCC2)c1. The van der Waals surface area contributed by atoms with Gasteiger partial charge >= 0.3 is 5.97 Å². The number of carboxylic acid groups (broad SMARTS) is 1. The molecule has 0 atom stereocenters. The molecular weight excluding hydrogens is 298 g/mol. The lowest BCUT2D eigenvalue weighted by Gasteiger charge is -2.30. The molecule has 3 heteroatoms. The molecule has 1 fully saturated rings. The van der Waals surface area contributed by atoms with E-state index in [-0.39, 0.29) is 0 Å². The number of aromatic carboxylic acids is 1. The van der Waals surface area contributed by atoms with E-state index in [1.165, 1.54) is 31.2 Å². The van der Waals surface area contributed by atoms with Gasteiger partial charge in [-0.15, -0.1) is 0 Å². The minimum absolute atomic E-state index is 0.339. The van der Waals surface area contributed by atoms with Crippen molar-refractivity contribution >= 4 is 5.97 Å². The second-order valence-corrected chi connectivity index (χ2v) is 6.98. The standard InChI is InChI=1S/C21H25NO2/c23-20(24)19-10-6-9-18(13-19)15-22-16-21(11-4-5-12-21)14-17-7-2-1-3-8-17/h1-3,6-10,13,22H,4-5,11-12,14-16H2,(H,23,24). The van der Waals surface area contributed by atoms with Crippen LogP contribution in [0.1, 0.15) is 47.2 Å². The molecule has 0 aliphatic heterocycles. The first-order valence-electron chi connectivity index (χ1n) is 8.74. The van der Waals surface area contributed by atoms with Gasteiger partial charge in [-0.3, -0.25) is 0 Å². The van der Waals surface area contributed by atoms with E-state index in [1.807, 2.05) is 12.1 Å². The zero-order chi connectivity index (χ0) is 16.8. The maximum Gasteiger partial charge on any atom is 0.335 e. The first kappa shape index (κ1) is 16.7. The first-order chi connectivity index (χ1) is 11.7. The summed E-state index contributed by atoms with van der Waals surface area (Å²) >= 11 is 0. The summed E-state index contributed by atoms with van der Waals surface area (Å²) < 4.78 is 0. The van der Waals surface area contributed by atoms with E-state index in [0.717, 1.165) is 25.1 Å². The Morgan fingerprint density at radius 3 is 2.42 bits per heavy atom. The van der Waals surface area contributed by atoms with Crippen molar-refractivity contribution in [2.75, 3.05) is 6.54 Å². The fourth-order valence-electron chi connectivity index (χ4n) is 3.86. The Morgan fingerprint density at radius 2 is 1.71 bits per heavy atom. The predicted octanol–water partition coefficient (Wildman–Crippen LogP) is 4.28. The lowest BCUT2D eigenvalue weighted by Crippen LogP contribution is -2.33. The lowest BCUT2D eigenvalue weighted by molar-refractivity contribution is 0.0696. The molecule has 1 aliphatic carbocycles. The van der Waals surface area contributed by atoms with E-state index in [1.54, 1.807) is 12.1 Å². The summed E-state index contributed by atoms with van der Waals surface area (Å²) in [5.41, 5.74) is 3.14. The molecule has 24 heavy (non-hydrogen) atoms. The summed E-state index contributed by atoms with van der Waals surface area (Å²) in [6.45, 7) is 1.71. The van der Waals surface area contributed by atoms with Gasteiger partial charge in [0.1, 0.15) is 0 Å². The van der Waals surface area contributed by atoms with Crippen molar-refractivity contribution in [2.45, 2.75) is 38.6 Å². The van der Waals surface area contributed by atoms with E-state index in [4.69, 9.17) is 5.11 Å². The fourth-order valence-corrected chi connectivity index (χ4v) is 3.86. The van der Waals surface area contributed by atoms with E-state index < -0.39 is 5.97 Å². The van der Waals surface area contributed by atoms with Gasteiger partial charge in [0.15, 0.2) is 0 Å². The summed E-state index contributed by atoms with van der Waals surface area (Å²) in [7, 11) is 0. The van der Waals surface area contributed by atoms with Crippen LogP contribution in [0.4, 0.5) is 0 Å². The minimum atomic E-state index is -0.867. The summed E-state index contributed by atoms with van der Waals surface area (Å²) in [4.78, 5) is 11.1. The fraction of sp³-hybridized carbons (Fsp3) is 0.381. The molecule has 2 aromatic carbocycles. The van der Waals surface area contributed by atoms with Crippen LogP contribution in [0.15, 0.2) is 54.6 Å². The van der Waals surface area contributed by atoms with Crippen molar-refractivity contribution in [3.63, 3.8) is 0 Å². The van der Waals surface area contributed by atoms with Crippen molar-refractivity contribution < 1.29 is 9.90 Å². The maximum atomic E-state index is 11.1. The van der Waals surface area contributed by atoms with Crippen LogP contribution in [-0.4, -0.2) is 17.6 Å². The van der Waals surface area contributed by atoms with E-state index in [2.05, 4.69) is 35.6 Å². The molecule has 3 rings (SSSR count). The Morgan fingerprint density at radius 1 is 1.00 bits per heavy atom. The van der Waals surface area contributed by atoms with Gasteiger partial charge in [-0.25, -0.2) is 4.79 Å². The largest absolute Gasteiger partial charge is 0.478 e. The van der Waals surface area contributed by atoms with Gasteiger partial charge in [-0.05, 0) is 47.9 Å². The van der Waals surface area contributed by atoms with Crippen LogP contribution in [0.3, 0.4) is 0 Å². The van der Waals surface area contributed by atoms with Crippen LogP contribution in [0, 0.1) is 5.41 Å². The number of carbonyl (C=O) groups is 1. The van der Waals surface area contributed by atoms with Crippen LogP contribution in [0.2, 0.25) is 0 Å². The third kappa shape index (κ3) is 4.24. The third-order valence-corrected chi connectivity index (χ3v) is 5.09. The molecule has 1 saturated carbocycles.